The lowest BCUT2D eigenvalue weighted by Crippen LogP contribution is -2.27. The van der Waals surface area contributed by atoms with E-state index in [1.54, 1.807) is 0 Å². The lowest BCUT2D eigenvalue weighted by Gasteiger charge is -2.15. The molecule has 0 radical (unpaired) electrons. The minimum atomic E-state index is -0.634. The summed E-state index contributed by atoms with van der Waals surface area (Å²) in [6, 6.07) is 7.50. The number of aliphatic hydroxyl groups is 2. The van der Waals surface area contributed by atoms with Gasteiger partial charge in [0.1, 0.15) is 18.1 Å². The van der Waals surface area contributed by atoms with Crippen LogP contribution in [0.3, 0.4) is 0 Å². The molecule has 2 atom stereocenters. The SMILES string of the molecule is CCOc1ccc(OCCN2CC(O)C(O)C2)cc1. The molecule has 19 heavy (non-hydrogen) atoms. The van der Waals surface area contributed by atoms with E-state index in [1.807, 2.05) is 36.1 Å². The highest BCUT2D eigenvalue weighted by Crippen LogP contribution is 2.17. The number of β-amino-alcohol motifs (C(OH)–C–C–N with tert-alkyl or cyclic N) is 2. The molecule has 0 aromatic heterocycles. The van der Waals surface area contributed by atoms with E-state index < -0.39 is 12.2 Å². The van der Waals surface area contributed by atoms with E-state index >= 15 is 0 Å². The minimum absolute atomic E-state index is 0.508. The maximum absolute atomic E-state index is 9.42. The van der Waals surface area contributed by atoms with Crippen LogP contribution in [0.4, 0.5) is 0 Å². The van der Waals surface area contributed by atoms with Crippen molar-refractivity contribution in [3.8, 4) is 11.5 Å². The van der Waals surface area contributed by atoms with Gasteiger partial charge in [-0.05, 0) is 31.2 Å². The van der Waals surface area contributed by atoms with Crippen LogP contribution in [0.2, 0.25) is 0 Å². The second kappa shape index (κ2) is 6.75. The maximum Gasteiger partial charge on any atom is 0.119 e. The summed E-state index contributed by atoms with van der Waals surface area (Å²) in [5.74, 6) is 1.63. The van der Waals surface area contributed by atoms with Crippen molar-refractivity contribution < 1.29 is 19.7 Å². The Bertz CT molecular complexity index is 372. The lowest BCUT2D eigenvalue weighted by atomic mass is 10.3. The Hall–Kier alpha value is -1.30. The first-order valence-electron chi connectivity index (χ1n) is 6.63. The summed E-state index contributed by atoms with van der Waals surface area (Å²) in [6.07, 6.45) is -1.27. The van der Waals surface area contributed by atoms with Crippen LogP contribution < -0.4 is 9.47 Å². The summed E-state index contributed by atoms with van der Waals surface area (Å²) in [4.78, 5) is 1.99. The standard InChI is InChI=1S/C14H21NO4/c1-2-18-11-3-5-12(6-4-11)19-8-7-15-9-13(16)14(17)10-15/h3-6,13-14,16-17H,2,7-10H2,1H3. The zero-order valence-electron chi connectivity index (χ0n) is 11.2. The van der Waals surface area contributed by atoms with Gasteiger partial charge in [-0.3, -0.25) is 4.90 Å². The van der Waals surface area contributed by atoms with Crippen molar-refractivity contribution >= 4 is 0 Å². The zero-order valence-corrected chi connectivity index (χ0v) is 11.2. The predicted molar refractivity (Wildman–Crippen MR) is 71.6 cm³/mol. The van der Waals surface area contributed by atoms with Gasteiger partial charge in [0, 0.05) is 19.6 Å². The normalized spacial score (nSPS) is 23.5. The van der Waals surface area contributed by atoms with Crippen LogP contribution in [-0.2, 0) is 0 Å². The molecule has 1 fully saturated rings. The molecule has 0 spiro atoms. The lowest BCUT2D eigenvalue weighted by molar-refractivity contribution is 0.0572. The molecule has 0 bridgehead atoms. The van der Waals surface area contributed by atoms with E-state index in [1.165, 1.54) is 0 Å². The number of rotatable bonds is 6. The molecule has 0 amide bonds. The van der Waals surface area contributed by atoms with Gasteiger partial charge < -0.3 is 19.7 Å². The molecule has 1 saturated heterocycles. The quantitative estimate of drug-likeness (QED) is 0.786. The van der Waals surface area contributed by atoms with Crippen molar-refractivity contribution in [1.29, 1.82) is 0 Å². The molecule has 5 nitrogen and oxygen atoms in total. The fraction of sp³-hybridized carbons (Fsp3) is 0.571. The van der Waals surface area contributed by atoms with E-state index in [2.05, 4.69) is 0 Å². The second-order valence-corrected chi connectivity index (χ2v) is 4.65. The van der Waals surface area contributed by atoms with Crippen molar-refractivity contribution in [2.75, 3.05) is 32.8 Å². The Morgan fingerprint density at radius 3 is 2.11 bits per heavy atom. The molecule has 106 valence electrons. The summed E-state index contributed by atoms with van der Waals surface area (Å²) in [5, 5.41) is 18.8. The summed E-state index contributed by atoms with van der Waals surface area (Å²) in [5.41, 5.74) is 0. The molecule has 0 saturated carbocycles. The average Bonchev–Trinajstić information content (AvgIpc) is 2.71. The number of ether oxygens (including phenoxy) is 2. The number of likely N-dealkylation sites (tertiary alicyclic amines) is 1. The fourth-order valence-electron chi connectivity index (χ4n) is 2.12. The van der Waals surface area contributed by atoms with Crippen LogP contribution in [0.25, 0.3) is 0 Å². The third-order valence-corrected chi connectivity index (χ3v) is 3.15. The first-order valence-corrected chi connectivity index (χ1v) is 6.63. The van der Waals surface area contributed by atoms with Crippen molar-refractivity contribution in [3.05, 3.63) is 24.3 Å². The molecule has 1 heterocycles. The largest absolute Gasteiger partial charge is 0.494 e. The molecule has 2 unspecified atom stereocenters. The number of benzene rings is 1. The Morgan fingerprint density at radius 1 is 1.05 bits per heavy atom. The Morgan fingerprint density at radius 2 is 1.58 bits per heavy atom. The number of aliphatic hydroxyl groups excluding tert-OH is 2. The van der Waals surface area contributed by atoms with Crippen molar-refractivity contribution in [2.45, 2.75) is 19.1 Å². The highest BCUT2D eigenvalue weighted by atomic mass is 16.5. The van der Waals surface area contributed by atoms with Gasteiger partial charge in [0.05, 0.1) is 18.8 Å². The molecular weight excluding hydrogens is 246 g/mol. The van der Waals surface area contributed by atoms with Crippen molar-refractivity contribution in [3.63, 3.8) is 0 Å². The molecule has 5 heteroatoms. The fourth-order valence-corrected chi connectivity index (χ4v) is 2.12. The van der Waals surface area contributed by atoms with Crippen LogP contribution in [0, 0.1) is 0 Å². The van der Waals surface area contributed by atoms with Gasteiger partial charge in [0.25, 0.3) is 0 Å². The molecule has 0 aliphatic carbocycles. The van der Waals surface area contributed by atoms with Gasteiger partial charge in [-0.25, -0.2) is 0 Å². The van der Waals surface area contributed by atoms with Gasteiger partial charge in [0.15, 0.2) is 0 Å². The first kappa shape index (κ1) is 14.1. The highest BCUT2D eigenvalue weighted by molar-refractivity contribution is 5.31. The van der Waals surface area contributed by atoms with Crippen LogP contribution in [0.1, 0.15) is 6.92 Å². The predicted octanol–water partition coefficient (Wildman–Crippen LogP) is 0.501. The zero-order chi connectivity index (χ0) is 13.7. The molecule has 2 rings (SSSR count). The van der Waals surface area contributed by atoms with Crippen molar-refractivity contribution in [1.82, 2.24) is 4.90 Å². The molecule has 1 aromatic rings. The maximum atomic E-state index is 9.42. The van der Waals surface area contributed by atoms with Gasteiger partial charge in [-0.15, -0.1) is 0 Å². The van der Waals surface area contributed by atoms with Crippen LogP contribution in [0.15, 0.2) is 24.3 Å². The third kappa shape index (κ3) is 4.09. The van der Waals surface area contributed by atoms with Crippen LogP contribution >= 0.6 is 0 Å². The average molecular weight is 267 g/mol. The van der Waals surface area contributed by atoms with Gasteiger partial charge in [0.2, 0.25) is 0 Å². The highest BCUT2D eigenvalue weighted by Gasteiger charge is 2.28. The van der Waals surface area contributed by atoms with Crippen LogP contribution in [-0.4, -0.2) is 60.2 Å². The Kier molecular flexibility index (Phi) is 5.01. The first-order chi connectivity index (χ1) is 9.19. The van der Waals surface area contributed by atoms with E-state index in [0.29, 0.717) is 32.8 Å². The molecule has 1 aliphatic heterocycles. The summed E-state index contributed by atoms with van der Waals surface area (Å²) in [7, 11) is 0. The molecule has 2 N–H and O–H groups in total. The van der Waals surface area contributed by atoms with Gasteiger partial charge in [-0.2, -0.15) is 0 Å². The van der Waals surface area contributed by atoms with E-state index in [0.717, 1.165) is 11.5 Å². The van der Waals surface area contributed by atoms with E-state index in [4.69, 9.17) is 9.47 Å². The smallest absolute Gasteiger partial charge is 0.119 e. The minimum Gasteiger partial charge on any atom is -0.494 e. The molecule has 1 aliphatic rings. The summed E-state index contributed by atoms with van der Waals surface area (Å²) < 4.78 is 11.0. The van der Waals surface area contributed by atoms with Gasteiger partial charge in [-0.1, -0.05) is 0 Å². The van der Waals surface area contributed by atoms with Gasteiger partial charge >= 0.3 is 0 Å². The number of hydrogen-bond acceptors (Lipinski definition) is 5. The molecule has 1 aromatic carbocycles. The van der Waals surface area contributed by atoms with Crippen molar-refractivity contribution in [2.24, 2.45) is 0 Å². The third-order valence-electron chi connectivity index (χ3n) is 3.15. The summed E-state index contributed by atoms with van der Waals surface area (Å²) >= 11 is 0. The van der Waals surface area contributed by atoms with E-state index in [9.17, 15) is 10.2 Å². The Balaban J connectivity index is 1.71. The molecular formula is C14H21NO4. The monoisotopic (exact) mass is 267 g/mol. The second-order valence-electron chi connectivity index (χ2n) is 4.65. The topological polar surface area (TPSA) is 62.2 Å². The van der Waals surface area contributed by atoms with E-state index in [-0.39, 0.29) is 0 Å². The van der Waals surface area contributed by atoms with Crippen LogP contribution in [0.5, 0.6) is 11.5 Å². The number of nitrogens with zero attached hydrogens (tertiary/aromatic N) is 1. The Labute approximate surface area is 113 Å². The summed E-state index contributed by atoms with van der Waals surface area (Å²) in [6.45, 7) is 4.85. The number of hydrogen-bond donors (Lipinski definition) is 2.